The van der Waals surface area contributed by atoms with Crippen molar-refractivity contribution in [3.05, 3.63) is 46.2 Å². The molecule has 1 aromatic heterocycles. The molecule has 0 amide bonds. The molecule has 0 bridgehead atoms. The van der Waals surface area contributed by atoms with Crippen molar-refractivity contribution in [2.45, 2.75) is 13.0 Å². The Kier molecular flexibility index (Phi) is 4.01. The van der Waals surface area contributed by atoms with E-state index in [-0.39, 0.29) is 11.5 Å². The molecule has 0 fully saturated rings. The first kappa shape index (κ1) is 12.0. The van der Waals surface area contributed by atoms with Crippen molar-refractivity contribution < 1.29 is 10.2 Å². The first-order valence-electron chi connectivity index (χ1n) is 5.50. The van der Waals surface area contributed by atoms with Crippen LogP contribution in [0, 0.1) is 0 Å². The van der Waals surface area contributed by atoms with Crippen LogP contribution in [0.1, 0.15) is 10.4 Å². The summed E-state index contributed by atoms with van der Waals surface area (Å²) in [5.74, 6) is -0.153. The van der Waals surface area contributed by atoms with Crippen LogP contribution < -0.4 is 5.32 Å². The van der Waals surface area contributed by atoms with E-state index in [4.69, 9.17) is 10.2 Å². The van der Waals surface area contributed by atoms with Crippen LogP contribution in [0.4, 0.5) is 0 Å². The second-order valence-electron chi connectivity index (χ2n) is 3.78. The fourth-order valence-corrected chi connectivity index (χ4v) is 2.54. The molecule has 1 aromatic carbocycles. The summed E-state index contributed by atoms with van der Waals surface area (Å²) in [6.45, 7) is 2.25. The fraction of sp³-hybridized carbons (Fsp3) is 0.231. The van der Waals surface area contributed by atoms with Gasteiger partial charge in [0.1, 0.15) is 0 Å². The summed E-state index contributed by atoms with van der Waals surface area (Å²) < 4.78 is 0. The lowest BCUT2D eigenvalue weighted by atomic mass is 10.1. The van der Waals surface area contributed by atoms with Crippen molar-refractivity contribution in [3.8, 4) is 11.5 Å². The molecular formula is C13H15NO2S. The Labute approximate surface area is 104 Å². The van der Waals surface area contributed by atoms with Crippen LogP contribution in [0.3, 0.4) is 0 Å². The Hall–Kier alpha value is -1.52. The smallest absolute Gasteiger partial charge is 0.157 e. The average Bonchev–Trinajstić information content (AvgIpc) is 2.82. The molecule has 17 heavy (non-hydrogen) atoms. The minimum atomic E-state index is -0.0764. The normalized spacial score (nSPS) is 13.4. The van der Waals surface area contributed by atoms with Crippen LogP contribution in [-0.4, -0.2) is 16.8 Å². The number of aromatic hydroxyl groups is 2. The molecule has 90 valence electrons. The zero-order valence-electron chi connectivity index (χ0n) is 9.39. The van der Waals surface area contributed by atoms with E-state index in [1.165, 1.54) is 23.4 Å². The number of rotatable bonds is 0. The van der Waals surface area contributed by atoms with Crippen molar-refractivity contribution in [2.24, 2.45) is 0 Å². The lowest BCUT2D eigenvalue weighted by molar-refractivity contribution is 0.404. The van der Waals surface area contributed by atoms with Crippen molar-refractivity contribution >= 4 is 11.3 Å². The quantitative estimate of drug-likeness (QED) is 0.629. The molecule has 3 rings (SSSR count). The number of phenolic OH excluding ortho intramolecular Hbond substituents is 2. The molecule has 0 saturated carbocycles. The van der Waals surface area contributed by atoms with Crippen molar-refractivity contribution in [1.29, 1.82) is 0 Å². The number of hydrogen-bond acceptors (Lipinski definition) is 4. The van der Waals surface area contributed by atoms with E-state index in [0.717, 1.165) is 13.1 Å². The molecule has 3 nitrogen and oxygen atoms in total. The molecule has 3 N–H and O–H groups in total. The molecule has 2 aromatic rings. The van der Waals surface area contributed by atoms with Gasteiger partial charge in [-0.3, -0.25) is 0 Å². The summed E-state index contributed by atoms with van der Waals surface area (Å²) in [6.07, 6.45) is 1.22. The Bertz CT molecular complexity index is 440. The third kappa shape index (κ3) is 3.22. The highest BCUT2D eigenvalue weighted by atomic mass is 32.1. The minimum absolute atomic E-state index is 0.0764. The van der Waals surface area contributed by atoms with Gasteiger partial charge < -0.3 is 15.5 Å². The van der Waals surface area contributed by atoms with E-state index in [0.29, 0.717) is 0 Å². The maximum absolute atomic E-state index is 8.67. The van der Waals surface area contributed by atoms with Crippen LogP contribution in [0.15, 0.2) is 35.7 Å². The van der Waals surface area contributed by atoms with Crippen LogP contribution >= 0.6 is 11.3 Å². The highest BCUT2D eigenvalue weighted by Crippen LogP contribution is 2.21. The van der Waals surface area contributed by atoms with E-state index >= 15 is 0 Å². The summed E-state index contributed by atoms with van der Waals surface area (Å²) in [5, 5.41) is 22.9. The molecular weight excluding hydrogens is 234 g/mol. The van der Waals surface area contributed by atoms with Gasteiger partial charge in [-0.15, -0.1) is 11.3 Å². The highest BCUT2D eigenvalue weighted by Gasteiger charge is 2.07. The third-order valence-electron chi connectivity index (χ3n) is 2.58. The summed E-state index contributed by atoms with van der Waals surface area (Å²) in [5.41, 5.74) is 1.55. The predicted octanol–water partition coefficient (Wildman–Crippen LogP) is 2.49. The molecule has 0 atom stereocenters. The Morgan fingerprint density at radius 1 is 1.06 bits per heavy atom. The molecule has 0 radical (unpaired) electrons. The summed E-state index contributed by atoms with van der Waals surface area (Å²) in [7, 11) is 0. The number of benzene rings is 1. The van der Waals surface area contributed by atoms with Gasteiger partial charge in [-0.05, 0) is 42.1 Å². The van der Waals surface area contributed by atoms with Gasteiger partial charge in [0.2, 0.25) is 0 Å². The van der Waals surface area contributed by atoms with Gasteiger partial charge in [-0.25, -0.2) is 0 Å². The lowest BCUT2D eigenvalue weighted by Crippen LogP contribution is -2.21. The van der Waals surface area contributed by atoms with Crippen molar-refractivity contribution in [1.82, 2.24) is 5.32 Å². The van der Waals surface area contributed by atoms with Crippen molar-refractivity contribution in [2.75, 3.05) is 6.54 Å². The largest absolute Gasteiger partial charge is 0.504 e. The number of fused-ring (bicyclic) bond motifs is 1. The monoisotopic (exact) mass is 249 g/mol. The Morgan fingerprint density at radius 2 is 1.76 bits per heavy atom. The van der Waals surface area contributed by atoms with Gasteiger partial charge >= 0.3 is 0 Å². The minimum Gasteiger partial charge on any atom is -0.504 e. The summed E-state index contributed by atoms with van der Waals surface area (Å²) in [6, 6.07) is 8.38. The van der Waals surface area contributed by atoms with Gasteiger partial charge in [-0.2, -0.15) is 0 Å². The SMILES string of the molecule is Oc1ccccc1O.c1cc2c(s1)CNCC2. The van der Waals surface area contributed by atoms with Gasteiger partial charge in [0.05, 0.1) is 0 Å². The fourth-order valence-electron chi connectivity index (χ4n) is 1.63. The highest BCUT2D eigenvalue weighted by molar-refractivity contribution is 7.10. The third-order valence-corrected chi connectivity index (χ3v) is 3.54. The number of thiophene rings is 1. The van der Waals surface area contributed by atoms with Gasteiger partial charge in [0.25, 0.3) is 0 Å². The van der Waals surface area contributed by atoms with E-state index in [1.807, 2.05) is 11.3 Å². The van der Waals surface area contributed by atoms with E-state index in [2.05, 4.69) is 16.8 Å². The van der Waals surface area contributed by atoms with Crippen molar-refractivity contribution in [3.63, 3.8) is 0 Å². The second-order valence-corrected chi connectivity index (χ2v) is 4.79. The van der Waals surface area contributed by atoms with Gasteiger partial charge in [-0.1, -0.05) is 12.1 Å². The first-order chi connectivity index (χ1) is 8.27. The maximum Gasteiger partial charge on any atom is 0.157 e. The van der Waals surface area contributed by atoms with Crippen LogP contribution in [0.2, 0.25) is 0 Å². The average molecular weight is 249 g/mol. The van der Waals surface area contributed by atoms with Crippen LogP contribution in [-0.2, 0) is 13.0 Å². The van der Waals surface area contributed by atoms with Crippen LogP contribution in [0.25, 0.3) is 0 Å². The van der Waals surface area contributed by atoms with E-state index in [1.54, 1.807) is 17.7 Å². The number of hydrogen-bond donors (Lipinski definition) is 3. The molecule has 0 unspecified atom stereocenters. The molecule has 0 spiro atoms. The standard InChI is InChI=1S/C7H9NS.C6H6O2/c1-3-8-5-7-6(1)2-4-9-7;7-5-3-1-2-4-6(5)8/h2,4,8H,1,3,5H2;1-4,7-8H. The summed E-state index contributed by atoms with van der Waals surface area (Å²) in [4.78, 5) is 1.53. The second kappa shape index (κ2) is 5.70. The predicted molar refractivity (Wildman–Crippen MR) is 69.5 cm³/mol. The zero-order valence-corrected chi connectivity index (χ0v) is 10.2. The topological polar surface area (TPSA) is 52.5 Å². The number of para-hydroxylation sites is 2. The molecule has 4 heteroatoms. The van der Waals surface area contributed by atoms with Gasteiger partial charge in [0.15, 0.2) is 11.5 Å². The first-order valence-corrected chi connectivity index (χ1v) is 6.38. The van der Waals surface area contributed by atoms with Gasteiger partial charge in [0, 0.05) is 11.4 Å². The summed E-state index contributed by atoms with van der Waals surface area (Å²) >= 11 is 1.86. The molecule has 1 aliphatic rings. The Balaban J connectivity index is 0.000000128. The Morgan fingerprint density at radius 3 is 2.35 bits per heavy atom. The zero-order chi connectivity index (χ0) is 12.1. The van der Waals surface area contributed by atoms with E-state index in [9.17, 15) is 0 Å². The van der Waals surface area contributed by atoms with Crippen LogP contribution in [0.5, 0.6) is 11.5 Å². The number of phenols is 2. The van der Waals surface area contributed by atoms with E-state index < -0.39 is 0 Å². The number of nitrogens with one attached hydrogen (secondary N) is 1. The molecule has 1 aliphatic heterocycles. The molecule has 0 aliphatic carbocycles. The molecule has 0 saturated heterocycles. The maximum atomic E-state index is 8.67. The molecule has 2 heterocycles. The lowest BCUT2D eigenvalue weighted by Gasteiger charge is -2.10.